The monoisotopic (exact) mass is 251 g/mol. The van der Waals surface area contributed by atoms with Gasteiger partial charge in [-0.25, -0.2) is 0 Å². The summed E-state index contributed by atoms with van der Waals surface area (Å²) >= 11 is 1.88. The lowest BCUT2D eigenvalue weighted by Gasteiger charge is -2.28. The van der Waals surface area contributed by atoms with Crippen molar-refractivity contribution < 1.29 is 0 Å². The Morgan fingerprint density at radius 3 is 2.53 bits per heavy atom. The fourth-order valence-electron chi connectivity index (χ4n) is 2.90. The third-order valence-electron chi connectivity index (χ3n) is 4.38. The molecule has 1 aromatic heterocycles. The Labute approximate surface area is 110 Å². The fraction of sp³-hybridized carbons (Fsp3) is 0.733. The maximum atomic E-state index is 3.91. The number of hydrogen-bond donors (Lipinski definition) is 1. The second-order valence-corrected chi connectivity index (χ2v) is 6.90. The molecule has 96 valence electrons. The Hall–Kier alpha value is -0.340. The van der Waals surface area contributed by atoms with E-state index in [0.29, 0.717) is 18.0 Å². The second-order valence-electron chi connectivity index (χ2n) is 5.92. The van der Waals surface area contributed by atoms with Gasteiger partial charge in [0.05, 0.1) is 0 Å². The molecule has 4 atom stereocenters. The van der Waals surface area contributed by atoms with Crippen molar-refractivity contribution in [3.8, 4) is 0 Å². The Balaban J connectivity index is 2.04. The highest BCUT2D eigenvalue weighted by Crippen LogP contribution is 2.34. The van der Waals surface area contributed by atoms with Crippen LogP contribution in [0, 0.1) is 17.8 Å². The molecule has 1 aliphatic carbocycles. The average molecular weight is 251 g/mol. The lowest BCUT2D eigenvalue weighted by molar-refractivity contribution is 0.305. The van der Waals surface area contributed by atoms with Crippen molar-refractivity contribution in [2.75, 3.05) is 0 Å². The molecular weight excluding hydrogens is 226 g/mol. The van der Waals surface area contributed by atoms with E-state index in [1.54, 1.807) is 0 Å². The molecule has 1 saturated carbocycles. The Morgan fingerprint density at radius 1 is 1.29 bits per heavy atom. The minimum Gasteiger partial charge on any atom is -0.306 e. The first kappa shape index (κ1) is 13.1. The maximum Gasteiger partial charge on any atom is 0.0440 e. The van der Waals surface area contributed by atoms with Crippen molar-refractivity contribution in [1.29, 1.82) is 0 Å². The smallest absolute Gasteiger partial charge is 0.0440 e. The van der Waals surface area contributed by atoms with E-state index in [2.05, 4.69) is 50.5 Å². The van der Waals surface area contributed by atoms with E-state index < -0.39 is 0 Å². The minimum atomic E-state index is 0.535. The summed E-state index contributed by atoms with van der Waals surface area (Å²) in [4.78, 5) is 1.49. The molecule has 0 radical (unpaired) electrons. The molecule has 1 aliphatic rings. The zero-order valence-corrected chi connectivity index (χ0v) is 12.3. The summed E-state index contributed by atoms with van der Waals surface area (Å²) in [6.45, 7) is 9.43. The summed E-state index contributed by atoms with van der Waals surface area (Å²) in [5.41, 5.74) is 0. The number of nitrogens with one attached hydrogen (secondary N) is 1. The van der Waals surface area contributed by atoms with Crippen LogP contribution >= 0.6 is 11.3 Å². The average Bonchev–Trinajstić information content (AvgIpc) is 2.89. The highest BCUT2D eigenvalue weighted by molar-refractivity contribution is 7.10. The summed E-state index contributed by atoms with van der Waals surface area (Å²) < 4.78 is 0. The Morgan fingerprint density at radius 2 is 2.06 bits per heavy atom. The molecule has 0 aliphatic heterocycles. The molecule has 1 heterocycles. The van der Waals surface area contributed by atoms with Gasteiger partial charge in [-0.3, -0.25) is 0 Å². The van der Waals surface area contributed by atoms with E-state index in [9.17, 15) is 0 Å². The van der Waals surface area contributed by atoms with Gasteiger partial charge in [0.25, 0.3) is 0 Å². The van der Waals surface area contributed by atoms with Crippen LogP contribution in [0.3, 0.4) is 0 Å². The van der Waals surface area contributed by atoms with Gasteiger partial charge in [-0.05, 0) is 42.0 Å². The molecule has 1 nitrogen and oxygen atoms in total. The number of thiophene rings is 1. The molecule has 2 heteroatoms. The predicted octanol–water partition coefficient (Wildman–Crippen LogP) is 4.47. The molecule has 0 saturated heterocycles. The van der Waals surface area contributed by atoms with E-state index in [4.69, 9.17) is 0 Å². The van der Waals surface area contributed by atoms with Gasteiger partial charge < -0.3 is 5.32 Å². The van der Waals surface area contributed by atoms with E-state index >= 15 is 0 Å². The standard InChI is InChI=1S/C15H25NS/c1-10(2)15(14-6-5-9-17-14)16-13-8-7-11(3)12(13)4/h5-6,9-13,15-16H,7-8H2,1-4H3. The number of hydrogen-bond acceptors (Lipinski definition) is 2. The third kappa shape index (κ3) is 2.92. The first-order valence-electron chi connectivity index (χ1n) is 6.89. The Kier molecular flexibility index (Phi) is 4.26. The molecule has 2 rings (SSSR count). The largest absolute Gasteiger partial charge is 0.306 e. The van der Waals surface area contributed by atoms with Crippen molar-refractivity contribution >= 4 is 11.3 Å². The minimum absolute atomic E-state index is 0.535. The van der Waals surface area contributed by atoms with Gasteiger partial charge >= 0.3 is 0 Å². The van der Waals surface area contributed by atoms with Crippen LogP contribution in [0.15, 0.2) is 17.5 Å². The van der Waals surface area contributed by atoms with Crippen molar-refractivity contribution in [2.24, 2.45) is 17.8 Å². The van der Waals surface area contributed by atoms with Crippen molar-refractivity contribution in [3.63, 3.8) is 0 Å². The predicted molar refractivity (Wildman–Crippen MR) is 76.4 cm³/mol. The van der Waals surface area contributed by atoms with Gasteiger partial charge in [0.1, 0.15) is 0 Å². The van der Waals surface area contributed by atoms with Crippen molar-refractivity contribution in [3.05, 3.63) is 22.4 Å². The van der Waals surface area contributed by atoms with Crippen LogP contribution in [0.4, 0.5) is 0 Å². The molecule has 0 spiro atoms. The summed E-state index contributed by atoms with van der Waals surface area (Å²) in [6.07, 6.45) is 2.73. The molecule has 0 bridgehead atoms. The van der Waals surface area contributed by atoms with Crippen LogP contribution in [0.25, 0.3) is 0 Å². The van der Waals surface area contributed by atoms with Gasteiger partial charge in [-0.1, -0.05) is 33.8 Å². The van der Waals surface area contributed by atoms with Gasteiger partial charge in [0, 0.05) is 17.0 Å². The summed E-state index contributed by atoms with van der Waals surface area (Å²) in [7, 11) is 0. The summed E-state index contributed by atoms with van der Waals surface area (Å²) in [6, 6.07) is 5.68. The zero-order valence-electron chi connectivity index (χ0n) is 11.4. The van der Waals surface area contributed by atoms with Crippen LogP contribution < -0.4 is 5.32 Å². The molecule has 1 fully saturated rings. The van der Waals surface area contributed by atoms with Crippen LogP contribution in [0.2, 0.25) is 0 Å². The summed E-state index contributed by atoms with van der Waals surface area (Å²) in [5.74, 6) is 2.36. The molecular formula is C15H25NS. The van der Waals surface area contributed by atoms with E-state index in [1.165, 1.54) is 17.7 Å². The molecule has 1 aromatic rings. The quantitative estimate of drug-likeness (QED) is 0.832. The van der Waals surface area contributed by atoms with Crippen LogP contribution in [0.1, 0.15) is 51.5 Å². The van der Waals surface area contributed by atoms with Gasteiger partial charge in [0.2, 0.25) is 0 Å². The lowest BCUT2D eigenvalue weighted by Crippen LogP contribution is -2.37. The highest BCUT2D eigenvalue weighted by atomic mass is 32.1. The van der Waals surface area contributed by atoms with Crippen LogP contribution in [0.5, 0.6) is 0 Å². The lowest BCUT2D eigenvalue weighted by atomic mass is 9.95. The van der Waals surface area contributed by atoms with Gasteiger partial charge in [-0.15, -0.1) is 11.3 Å². The second kappa shape index (κ2) is 5.53. The SMILES string of the molecule is CC(C)C(NC1CCC(C)C1C)c1cccs1. The van der Waals surface area contributed by atoms with Crippen LogP contribution in [-0.2, 0) is 0 Å². The first-order valence-corrected chi connectivity index (χ1v) is 7.77. The normalized spacial score (nSPS) is 31.0. The van der Waals surface area contributed by atoms with Gasteiger partial charge in [0.15, 0.2) is 0 Å². The summed E-state index contributed by atoms with van der Waals surface area (Å²) in [5, 5.41) is 6.10. The van der Waals surface area contributed by atoms with Crippen molar-refractivity contribution in [1.82, 2.24) is 5.32 Å². The van der Waals surface area contributed by atoms with Crippen LogP contribution in [-0.4, -0.2) is 6.04 Å². The highest BCUT2D eigenvalue weighted by Gasteiger charge is 2.32. The maximum absolute atomic E-state index is 3.91. The van der Waals surface area contributed by atoms with Crippen molar-refractivity contribution in [2.45, 2.75) is 52.6 Å². The van der Waals surface area contributed by atoms with E-state index in [1.807, 2.05) is 11.3 Å². The molecule has 4 unspecified atom stereocenters. The molecule has 0 amide bonds. The Bertz CT molecular complexity index is 331. The molecule has 17 heavy (non-hydrogen) atoms. The first-order chi connectivity index (χ1) is 8.09. The fourth-order valence-corrected chi connectivity index (χ4v) is 3.86. The zero-order chi connectivity index (χ0) is 12.4. The molecule has 1 N–H and O–H groups in total. The third-order valence-corrected chi connectivity index (χ3v) is 5.33. The number of rotatable bonds is 4. The topological polar surface area (TPSA) is 12.0 Å². The van der Waals surface area contributed by atoms with E-state index in [0.717, 1.165) is 11.8 Å². The van der Waals surface area contributed by atoms with E-state index in [-0.39, 0.29) is 0 Å². The molecule has 0 aromatic carbocycles. The van der Waals surface area contributed by atoms with Gasteiger partial charge in [-0.2, -0.15) is 0 Å².